The highest BCUT2D eigenvalue weighted by molar-refractivity contribution is 7.13. The lowest BCUT2D eigenvalue weighted by molar-refractivity contribution is 0.433. The van der Waals surface area contributed by atoms with Crippen LogP contribution in [0.3, 0.4) is 0 Å². The van der Waals surface area contributed by atoms with E-state index in [2.05, 4.69) is 15.5 Å². The molecule has 6 heteroatoms. The van der Waals surface area contributed by atoms with E-state index in [1.807, 2.05) is 6.92 Å². The molecule has 0 aliphatic heterocycles. The van der Waals surface area contributed by atoms with E-state index < -0.39 is 0 Å². The van der Waals surface area contributed by atoms with Crippen LogP contribution in [0.1, 0.15) is 17.5 Å². The first-order valence-electron chi connectivity index (χ1n) is 5.66. The Balaban J connectivity index is 2.09. The van der Waals surface area contributed by atoms with Crippen LogP contribution in [0.2, 0.25) is 0 Å². The van der Waals surface area contributed by atoms with Crippen molar-refractivity contribution < 1.29 is 9.13 Å². The van der Waals surface area contributed by atoms with Gasteiger partial charge in [0.2, 0.25) is 0 Å². The molecule has 0 spiro atoms. The van der Waals surface area contributed by atoms with E-state index in [9.17, 15) is 4.39 Å². The van der Waals surface area contributed by atoms with Crippen LogP contribution in [-0.4, -0.2) is 16.7 Å². The van der Waals surface area contributed by atoms with E-state index in [0.29, 0.717) is 17.3 Å². The van der Waals surface area contributed by atoms with Crippen molar-refractivity contribution in [2.24, 2.45) is 0 Å². The topological polar surface area (TPSA) is 47.0 Å². The normalized spacial score (nSPS) is 10.6. The van der Waals surface area contributed by atoms with Gasteiger partial charge in [0.25, 0.3) is 5.19 Å². The summed E-state index contributed by atoms with van der Waals surface area (Å²) in [6, 6.07) is 5.01. The van der Waals surface area contributed by atoms with Crippen molar-refractivity contribution in [1.82, 2.24) is 15.5 Å². The maximum Gasteiger partial charge on any atom is 0.299 e. The second-order valence-corrected chi connectivity index (χ2v) is 4.76. The number of rotatable bonds is 5. The molecular formula is C12H14FN3OS. The number of aryl methyl sites for hydroxylation is 1. The lowest BCUT2D eigenvalue weighted by Crippen LogP contribution is -2.11. The van der Waals surface area contributed by atoms with Gasteiger partial charge in [-0.3, -0.25) is 0 Å². The maximum atomic E-state index is 13.7. The molecule has 0 saturated heterocycles. The van der Waals surface area contributed by atoms with Crippen LogP contribution in [0.15, 0.2) is 18.2 Å². The van der Waals surface area contributed by atoms with Gasteiger partial charge in [0.05, 0.1) is 0 Å². The monoisotopic (exact) mass is 267 g/mol. The Morgan fingerprint density at radius 2 is 2.22 bits per heavy atom. The van der Waals surface area contributed by atoms with Gasteiger partial charge in [-0.25, -0.2) is 4.39 Å². The number of aromatic nitrogens is 2. The zero-order valence-corrected chi connectivity index (χ0v) is 11.1. The van der Waals surface area contributed by atoms with Gasteiger partial charge < -0.3 is 10.1 Å². The predicted molar refractivity (Wildman–Crippen MR) is 68.5 cm³/mol. The lowest BCUT2D eigenvalue weighted by Gasteiger charge is -2.03. The fourth-order valence-corrected chi connectivity index (χ4v) is 2.05. The van der Waals surface area contributed by atoms with Crippen molar-refractivity contribution in [3.8, 4) is 10.9 Å². The third-order valence-corrected chi connectivity index (χ3v) is 3.13. The Kier molecular flexibility index (Phi) is 4.22. The number of halogens is 1. The van der Waals surface area contributed by atoms with Gasteiger partial charge in [0.1, 0.15) is 5.01 Å². The Hall–Kier alpha value is -1.53. The molecule has 96 valence electrons. The molecule has 0 atom stereocenters. The van der Waals surface area contributed by atoms with Gasteiger partial charge in [-0.15, -0.1) is 5.10 Å². The van der Waals surface area contributed by atoms with E-state index in [1.165, 1.54) is 11.3 Å². The second-order valence-electron chi connectivity index (χ2n) is 3.73. The fraction of sp³-hybridized carbons (Fsp3) is 0.333. The highest BCUT2D eigenvalue weighted by atomic mass is 32.1. The summed E-state index contributed by atoms with van der Waals surface area (Å²) < 4.78 is 19.1. The molecule has 1 heterocycles. The van der Waals surface area contributed by atoms with E-state index in [4.69, 9.17) is 4.74 Å². The van der Waals surface area contributed by atoms with Crippen molar-refractivity contribution in [1.29, 1.82) is 0 Å². The minimum atomic E-state index is -0.360. The average Bonchev–Trinajstić information content (AvgIpc) is 2.80. The largest absolute Gasteiger partial charge is 0.427 e. The summed E-state index contributed by atoms with van der Waals surface area (Å²) in [5, 5.41) is 12.1. The summed E-state index contributed by atoms with van der Waals surface area (Å²) in [4.78, 5) is 0. The Morgan fingerprint density at radius 1 is 1.39 bits per heavy atom. The van der Waals surface area contributed by atoms with E-state index >= 15 is 0 Å². The summed E-state index contributed by atoms with van der Waals surface area (Å²) >= 11 is 1.31. The highest BCUT2D eigenvalue weighted by Gasteiger charge is 2.10. The molecule has 2 aromatic rings. The quantitative estimate of drug-likeness (QED) is 0.905. The van der Waals surface area contributed by atoms with Gasteiger partial charge in [0.15, 0.2) is 11.6 Å². The van der Waals surface area contributed by atoms with E-state index in [0.717, 1.165) is 11.6 Å². The summed E-state index contributed by atoms with van der Waals surface area (Å²) in [7, 11) is 0. The summed E-state index contributed by atoms with van der Waals surface area (Å²) in [6.45, 7) is 5.22. The number of nitrogens with one attached hydrogen (secondary N) is 1. The van der Waals surface area contributed by atoms with Gasteiger partial charge in [0, 0.05) is 6.54 Å². The molecule has 0 aliphatic rings. The summed E-state index contributed by atoms with van der Waals surface area (Å²) in [5.41, 5.74) is 0.546. The smallest absolute Gasteiger partial charge is 0.299 e. The lowest BCUT2D eigenvalue weighted by atomic mass is 10.2. The molecule has 0 unspecified atom stereocenters. The van der Waals surface area contributed by atoms with Crippen molar-refractivity contribution in [3.05, 3.63) is 34.6 Å². The molecular weight excluding hydrogens is 253 g/mol. The van der Waals surface area contributed by atoms with Crippen molar-refractivity contribution >= 4 is 11.3 Å². The number of benzene rings is 1. The average molecular weight is 267 g/mol. The summed E-state index contributed by atoms with van der Waals surface area (Å²) in [5.74, 6) is -0.179. The number of hydrogen-bond acceptors (Lipinski definition) is 5. The van der Waals surface area contributed by atoms with Crippen molar-refractivity contribution in [2.45, 2.75) is 20.4 Å². The zero-order chi connectivity index (χ0) is 13.0. The molecule has 0 fully saturated rings. The molecule has 0 radical (unpaired) electrons. The minimum Gasteiger partial charge on any atom is -0.427 e. The van der Waals surface area contributed by atoms with Crippen LogP contribution in [-0.2, 0) is 6.54 Å². The van der Waals surface area contributed by atoms with Crippen LogP contribution >= 0.6 is 11.3 Å². The Morgan fingerprint density at radius 3 is 3.00 bits per heavy atom. The fourth-order valence-electron chi connectivity index (χ4n) is 1.38. The van der Waals surface area contributed by atoms with Gasteiger partial charge >= 0.3 is 0 Å². The molecule has 18 heavy (non-hydrogen) atoms. The Bertz CT molecular complexity index is 530. The van der Waals surface area contributed by atoms with Crippen molar-refractivity contribution in [2.75, 3.05) is 6.54 Å². The first-order valence-corrected chi connectivity index (χ1v) is 6.48. The number of ether oxygens (including phenoxy) is 1. The molecule has 0 bridgehead atoms. The van der Waals surface area contributed by atoms with Gasteiger partial charge in [-0.05, 0) is 25.1 Å². The van der Waals surface area contributed by atoms with Crippen LogP contribution < -0.4 is 10.1 Å². The third-order valence-electron chi connectivity index (χ3n) is 2.33. The molecule has 0 saturated carbocycles. The molecule has 1 aromatic heterocycles. The van der Waals surface area contributed by atoms with E-state index in [-0.39, 0.29) is 11.6 Å². The maximum absolute atomic E-state index is 13.7. The molecule has 0 amide bonds. The van der Waals surface area contributed by atoms with Crippen LogP contribution in [0.4, 0.5) is 4.39 Å². The zero-order valence-electron chi connectivity index (χ0n) is 10.2. The van der Waals surface area contributed by atoms with E-state index in [1.54, 1.807) is 25.1 Å². The molecule has 2 rings (SSSR count). The predicted octanol–water partition coefficient (Wildman–Crippen LogP) is 2.89. The number of nitrogens with zero attached hydrogens (tertiary/aromatic N) is 2. The standard InChI is InChI=1S/C12H14FN3OS/c1-3-14-7-10-15-16-12(18-10)17-9-6-4-5-8(2)11(9)13/h4-6,14H,3,7H2,1-2H3. The van der Waals surface area contributed by atoms with Crippen molar-refractivity contribution in [3.63, 3.8) is 0 Å². The third kappa shape index (κ3) is 3.02. The first-order chi connectivity index (χ1) is 8.70. The summed E-state index contributed by atoms with van der Waals surface area (Å²) in [6.07, 6.45) is 0. The first kappa shape index (κ1) is 12.9. The Labute approximate surface area is 109 Å². The van der Waals surface area contributed by atoms with Crippen LogP contribution in [0.25, 0.3) is 0 Å². The highest BCUT2D eigenvalue weighted by Crippen LogP contribution is 2.28. The van der Waals surface area contributed by atoms with Gasteiger partial charge in [-0.2, -0.15) is 0 Å². The SMILES string of the molecule is CCNCc1nnc(Oc2cccc(C)c2F)s1. The molecule has 1 N–H and O–H groups in total. The number of hydrogen-bond donors (Lipinski definition) is 1. The van der Waals surface area contributed by atoms with Gasteiger partial charge in [-0.1, -0.05) is 35.5 Å². The van der Waals surface area contributed by atoms with Crippen LogP contribution in [0, 0.1) is 12.7 Å². The van der Waals surface area contributed by atoms with Crippen LogP contribution in [0.5, 0.6) is 10.9 Å². The second kappa shape index (κ2) is 5.88. The molecule has 0 aliphatic carbocycles. The molecule has 1 aromatic carbocycles. The minimum absolute atomic E-state index is 0.182. The molecule has 4 nitrogen and oxygen atoms in total.